The summed E-state index contributed by atoms with van der Waals surface area (Å²) in [5.41, 5.74) is 0.965. The monoisotopic (exact) mass is 498 g/mol. The lowest BCUT2D eigenvalue weighted by Gasteiger charge is -2.33. The van der Waals surface area contributed by atoms with Gasteiger partial charge in [-0.25, -0.2) is 12.8 Å². The molecule has 1 saturated heterocycles. The first-order valence-electron chi connectivity index (χ1n) is 12.0. The fraction of sp³-hybridized carbons (Fsp3) is 0.370. The molecule has 1 aliphatic rings. The molecule has 8 heteroatoms. The first kappa shape index (κ1) is 25.1. The van der Waals surface area contributed by atoms with E-state index in [-0.39, 0.29) is 29.8 Å². The van der Waals surface area contributed by atoms with Crippen molar-refractivity contribution < 1.29 is 22.3 Å². The van der Waals surface area contributed by atoms with Gasteiger partial charge in [0.2, 0.25) is 15.9 Å². The number of piperidine rings is 1. The average molecular weight is 499 g/mol. The number of sulfonamides is 1. The highest BCUT2D eigenvalue weighted by Crippen LogP contribution is 2.31. The standard InChI is InChI=1S/C27H31FN2O4S/c1-3-18-34-25-13-12-20-8-4-5-9-22(20)23(25)19-29(2)27(31)21-14-16-30(17-15-21)35(32,33)26-11-7-6-10-24(26)28/h4-13,21H,3,14-19H2,1-2H3. The quantitative estimate of drug-likeness (QED) is 0.446. The van der Waals surface area contributed by atoms with Crippen LogP contribution >= 0.6 is 0 Å². The molecule has 186 valence electrons. The number of ether oxygens (including phenoxy) is 1. The van der Waals surface area contributed by atoms with E-state index in [4.69, 9.17) is 4.74 Å². The van der Waals surface area contributed by atoms with Crippen LogP contribution in [0.25, 0.3) is 10.8 Å². The first-order chi connectivity index (χ1) is 16.8. The molecule has 4 rings (SSSR count). The number of benzene rings is 3. The molecule has 1 amide bonds. The maximum Gasteiger partial charge on any atom is 0.245 e. The van der Waals surface area contributed by atoms with E-state index in [9.17, 15) is 17.6 Å². The Kier molecular flexibility index (Phi) is 7.72. The Bertz CT molecular complexity index is 1300. The number of fused-ring (bicyclic) bond motifs is 1. The van der Waals surface area contributed by atoms with Gasteiger partial charge in [0.15, 0.2) is 0 Å². The summed E-state index contributed by atoms with van der Waals surface area (Å²) >= 11 is 0. The third-order valence-corrected chi connectivity index (χ3v) is 8.42. The van der Waals surface area contributed by atoms with Crippen LogP contribution in [-0.4, -0.2) is 50.3 Å². The van der Waals surface area contributed by atoms with Crippen LogP contribution in [0, 0.1) is 11.7 Å². The normalized spacial score (nSPS) is 15.3. The molecule has 0 radical (unpaired) electrons. The molecule has 0 saturated carbocycles. The van der Waals surface area contributed by atoms with Gasteiger partial charge in [0.05, 0.1) is 6.61 Å². The topological polar surface area (TPSA) is 66.9 Å². The molecule has 0 atom stereocenters. The molecule has 1 heterocycles. The Balaban J connectivity index is 1.46. The van der Waals surface area contributed by atoms with Crippen molar-refractivity contribution in [3.63, 3.8) is 0 Å². The molecule has 3 aromatic carbocycles. The van der Waals surface area contributed by atoms with Crippen molar-refractivity contribution >= 4 is 26.7 Å². The van der Waals surface area contributed by atoms with E-state index in [1.807, 2.05) is 36.4 Å². The van der Waals surface area contributed by atoms with Crippen LogP contribution in [0.5, 0.6) is 5.75 Å². The van der Waals surface area contributed by atoms with Crippen LogP contribution in [0.3, 0.4) is 0 Å². The predicted molar refractivity (Wildman–Crippen MR) is 134 cm³/mol. The molecule has 1 fully saturated rings. The zero-order chi connectivity index (χ0) is 25.0. The Morgan fingerprint density at radius 1 is 1.06 bits per heavy atom. The van der Waals surface area contributed by atoms with E-state index in [2.05, 4.69) is 6.92 Å². The van der Waals surface area contributed by atoms with E-state index in [0.717, 1.165) is 34.6 Å². The summed E-state index contributed by atoms with van der Waals surface area (Å²) in [7, 11) is -2.16. The molecular weight excluding hydrogens is 467 g/mol. The summed E-state index contributed by atoms with van der Waals surface area (Å²) < 4.78 is 47.1. The molecule has 6 nitrogen and oxygen atoms in total. The van der Waals surface area contributed by atoms with E-state index < -0.39 is 15.8 Å². The highest BCUT2D eigenvalue weighted by Gasteiger charge is 2.34. The van der Waals surface area contributed by atoms with Crippen molar-refractivity contribution in [2.75, 3.05) is 26.7 Å². The lowest BCUT2D eigenvalue weighted by atomic mass is 9.96. The first-order valence-corrected chi connectivity index (χ1v) is 13.4. The van der Waals surface area contributed by atoms with Gasteiger partial charge in [-0.05, 0) is 48.2 Å². The van der Waals surface area contributed by atoms with Gasteiger partial charge in [0, 0.05) is 38.2 Å². The van der Waals surface area contributed by atoms with E-state index in [0.29, 0.717) is 26.0 Å². The number of rotatable bonds is 8. The fourth-order valence-corrected chi connectivity index (χ4v) is 6.12. The van der Waals surface area contributed by atoms with E-state index >= 15 is 0 Å². The lowest BCUT2D eigenvalue weighted by Crippen LogP contribution is -2.43. The number of carbonyl (C=O) groups excluding carboxylic acids is 1. The third kappa shape index (κ3) is 5.33. The van der Waals surface area contributed by atoms with Gasteiger partial charge >= 0.3 is 0 Å². The molecule has 0 N–H and O–H groups in total. The summed E-state index contributed by atoms with van der Waals surface area (Å²) in [4.78, 5) is 14.7. The summed E-state index contributed by atoms with van der Waals surface area (Å²) in [6, 6.07) is 17.4. The Morgan fingerprint density at radius 2 is 1.74 bits per heavy atom. The maximum atomic E-state index is 14.1. The van der Waals surface area contributed by atoms with Crippen molar-refractivity contribution in [2.24, 2.45) is 5.92 Å². The smallest absolute Gasteiger partial charge is 0.245 e. The van der Waals surface area contributed by atoms with Gasteiger partial charge in [0.25, 0.3) is 0 Å². The third-order valence-electron chi connectivity index (χ3n) is 6.49. The van der Waals surface area contributed by atoms with Gasteiger partial charge in [-0.1, -0.05) is 49.4 Å². The number of halogens is 1. The van der Waals surface area contributed by atoms with Gasteiger partial charge in [-0.3, -0.25) is 4.79 Å². The number of carbonyl (C=O) groups is 1. The summed E-state index contributed by atoms with van der Waals surface area (Å²) in [5.74, 6) is -0.304. The molecule has 3 aromatic rings. The minimum atomic E-state index is -3.93. The molecule has 35 heavy (non-hydrogen) atoms. The molecule has 1 aliphatic heterocycles. The zero-order valence-electron chi connectivity index (χ0n) is 20.1. The number of hydrogen-bond acceptors (Lipinski definition) is 4. The van der Waals surface area contributed by atoms with Crippen LogP contribution in [0.1, 0.15) is 31.7 Å². The van der Waals surface area contributed by atoms with Crippen LogP contribution in [0.2, 0.25) is 0 Å². The highest BCUT2D eigenvalue weighted by molar-refractivity contribution is 7.89. The number of hydrogen-bond donors (Lipinski definition) is 0. The average Bonchev–Trinajstić information content (AvgIpc) is 2.88. The Morgan fingerprint density at radius 3 is 2.46 bits per heavy atom. The largest absolute Gasteiger partial charge is 0.493 e. The minimum absolute atomic E-state index is 0.0256. The van der Waals surface area contributed by atoms with Crippen molar-refractivity contribution in [3.05, 3.63) is 72.0 Å². The van der Waals surface area contributed by atoms with Gasteiger partial charge in [-0.15, -0.1) is 0 Å². The van der Waals surface area contributed by atoms with Gasteiger partial charge < -0.3 is 9.64 Å². The molecule has 0 bridgehead atoms. The predicted octanol–water partition coefficient (Wildman–Crippen LogP) is 4.83. The van der Waals surface area contributed by atoms with E-state index in [1.165, 1.54) is 22.5 Å². The maximum absolute atomic E-state index is 14.1. The van der Waals surface area contributed by atoms with Crippen LogP contribution in [-0.2, 0) is 21.4 Å². The SMILES string of the molecule is CCCOc1ccc2ccccc2c1CN(C)C(=O)C1CCN(S(=O)(=O)c2ccccc2F)CC1. The van der Waals surface area contributed by atoms with Crippen LogP contribution < -0.4 is 4.74 Å². The molecule has 0 aliphatic carbocycles. The second kappa shape index (κ2) is 10.7. The van der Waals surface area contributed by atoms with Crippen molar-refractivity contribution in [1.29, 1.82) is 0 Å². The van der Waals surface area contributed by atoms with Crippen molar-refractivity contribution in [1.82, 2.24) is 9.21 Å². The fourth-order valence-electron chi connectivity index (χ4n) is 4.59. The number of amides is 1. The molecule has 0 unspecified atom stereocenters. The molecular formula is C27H31FN2O4S. The second-order valence-corrected chi connectivity index (χ2v) is 10.8. The summed E-state index contributed by atoms with van der Waals surface area (Å²) in [6.07, 6.45) is 1.67. The molecule has 0 aromatic heterocycles. The Labute approximate surface area is 206 Å². The minimum Gasteiger partial charge on any atom is -0.493 e. The van der Waals surface area contributed by atoms with Crippen LogP contribution in [0.4, 0.5) is 4.39 Å². The van der Waals surface area contributed by atoms with Crippen LogP contribution in [0.15, 0.2) is 65.6 Å². The van der Waals surface area contributed by atoms with Crippen molar-refractivity contribution in [2.45, 2.75) is 37.6 Å². The molecule has 0 spiro atoms. The van der Waals surface area contributed by atoms with E-state index in [1.54, 1.807) is 11.9 Å². The van der Waals surface area contributed by atoms with Crippen molar-refractivity contribution in [3.8, 4) is 5.75 Å². The lowest BCUT2D eigenvalue weighted by molar-refractivity contribution is -0.135. The van der Waals surface area contributed by atoms with Gasteiger partial charge in [0.1, 0.15) is 16.5 Å². The Hall–Kier alpha value is -2.97. The number of nitrogens with zero attached hydrogens (tertiary/aromatic N) is 2. The summed E-state index contributed by atoms with van der Waals surface area (Å²) in [5, 5.41) is 2.13. The zero-order valence-corrected chi connectivity index (χ0v) is 20.9. The summed E-state index contributed by atoms with van der Waals surface area (Å²) in [6.45, 7) is 3.40. The van der Waals surface area contributed by atoms with Gasteiger partial charge in [-0.2, -0.15) is 4.31 Å². The highest BCUT2D eigenvalue weighted by atomic mass is 32.2. The second-order valence-electron chi connectivity index (χ2n) is 8.91.